The molecule has 0 aliphatic carbocycles. The first-order valence-corrected chi connectivity index (χ1v) is 13.4. The van der Waals surface area contributed by atoms with E-state index >= 15 is 0 Å². The predicted octanol–water partition coefficient (Wildman–Crippen LogP) is 3.86. The van der Waals surface area contributed by atoms with Gasteiger partial charge >= 0.3 is 0 Å². The number of hydrogen-bond donors (Lipinski definition) is 1. The Labute approximate surface area is 220 Å². The molecule has 1 unspecified atom stereocenters. The smallest absolute Gasteiger partial charge is 0.147 e. The number of nitrogens with zero attached hydrogens (tertiary/aromatic N) is 4. The van der Waals surface area contributed by atoms with E-state index in [-0.39, 0.29) is 12.4 Å². The van der Waals surface area contributed by atoms with E-state index in [0.717, 1.165) is 49.0 Å². The third kappa shape index (κ3) is 7.99. The van der Waals surface area contributed by atoms with Crippen molar-refractivity contribution in [1.82, 2.24) is 19.6 Å². The summed E-state index contributed by atoms with van der Waals surface area (Å²) in [5.41, 5.74) is 4.36. The number of aliphatic hydroxyl groups excluding tert-OH is 1. The molecule has 1 fully saturated rings. The highest BCUT2D eigenvalue weighted by molar-refractivity contribution is 5.80. The number of para-hydroxylation sites is 1. The first-order valence-electron chi connectivity index (χ1n) is 13.4. The van der Waals surface area contributed by atoms with E-state index in [4.69, 9.17) is 9.84 Å². The molecule has 37 heavy (non-hydrogen) atoms. The van der Waals surface area contributed by atoms with Gasteiger partial charge in [-0.3, -0.25) is 14.6 Å². The summed E-state index contributed by atoms with van der Waals surface area (Å²) in [6, 6.07) is 20.2. The summed E-state index contributed by atoms with van der Waals surface area (Å²) in [7, 11) is 0. The molecule has 1 atom stereocenters. The van der Waals surface area contributed by atoms with Crippen LogP contribution in [0.5, 0.6) is 5.75 Å². The second kappa shape index (κ2) is 13.0. The molecule has 2 aromatic carbocycles. The third-order valence-electron chi connectivity index (χ3n) is 6.84. The highest BCUT2D eigenvalue weighted by Gasteiger charge is 2.21. The van der Waals surface area contributed by atoms with Gasteiger partial charge in [0.05, 0.1) is 17.9 Å². The number of aryl methyl sites for hydroxylation is 2. The summed E-state index contributed by atoms with van der Waals surface area (Å²) in [5, 5.41) is 15.2. The van der Waals surface area contributed by atoms with Crippen LogP contribution in [0.15, 0.2) is 60.7 Å². The van der Waals surface area contributed by atoms with Gasteiger partial charge in [0.2, 0.25) is 0 Å². The van der Waals surface area contributed by atoms with Gasteiger partial charge in [0.25, 0.3) is 0 Å². The number of piperazine rings is 1. The summed E-state index contributed by atoms with van der Waals surface area (Å²) < 4.78 is 7.71. The predicted molar refractivity (Wildman–Crippen MR) is 147 cm³/mol. The van der Waals surface area contributed by atoms with Gasteiger partial charge in [-0.2, -0.15) is 5.10 Å². The molecule has 1 N–H and O–H groups in total. The van der Waals surface area contributed by atoms with Crippen molar-refractivity contribution in [2.24, 2.45) is 0 Å². The van der Waals surface area contributed by atoms with Gasteiger partial charge in [0.1, 0.15) is 24.2 Å². The molecule has 1 aliphatic rings. The Kier molecular flexibility index (Phi) is 9.50. The lowest BCUT2D eigenvalue weighted by Crippen LogP contribution is -2.50. The van der Waals surface area contributed by atoms with Gasteiger partial charge in [0.15, 0.2) is 0 Å². The number of ketones is 1. The molecule has 3 aromatic rings. The molecule has 1 aliphatic heterocycles. The monoisotopic (exact) mass is 504 g/mol. The quantitative estimate of drug-likeness (QED) is 0.404. The average Bonchev–Trinajstić information content (AvgIpc) is 3.34. The van der Waals surface area contributed by atoms with E-state index in [1.807, 2.05) is 54.1 Å². The molecule has 198 valence electrons. The zero-order valence-corrected chi connectivity index (χ0v) is 22.3. The Hall–Kier alpha value is -3.00. The number of Topliss-reactive ketones (excluding diaryl/α,β-unsaturated/α-hetero) is 1. The second-order valence-corrected chi connectivity index (χ2v) is 10.4. The maximum Gasteiger partial charge on any atom is 0.147 e. The Morgan fingerprint density at radius 1 is 1.00 bits per heavy atom. The maximum absolute atomic E-state index is 12.7. The first-order chi connectivity index (χ1) is 17.9. The molecule has 7 nitrogen and oxygen atoms in total. The van der Waals surface area contributed by atoms with E-state index in [9.17, 15) is 9.90 Å². The van der Waals surface area contributed by atoms with E-state index < -0.39 is 6.10 Å². The van der Waals surface area contributed by atoms with Crippen molar-refractivity contribution in [1.29, 1.82) is 0 Å². The fraction of sp³-hybridized carbons (Fsp3) is 0.467. The molecule has 7 heteroatoms. The van der Waals surface area contributed by atoms with Crippen LogP contribution in [-0.2, 0) is 11.2 Å². The van der Waals surface area contributed by atoms with Crippen LogP contribution < -0.4 is 4.74 Å². The van der Waals surface area contributed by atoms with Crippen molar-refractivity contribution in [2.75, 3.05) is 45.9 Å². The van der Waals surface area contributed by atoms with Gasteiger partial charge < -0.3 is 9.84 Å². The summed E-state index contributed by atoms with van der Waals surface area (Å²) in [5.74, 6) is 1.38. The molecule has 0 spiro atoms. The molecule has 0 saturated carbocycles. The molecule has 0 amide bonds. The van der Waals surface area contributed by atoms with Gasteiger partial charge in [-0.05, 0) is 49.6 Å². The largest absolute Gasteiger partial charge is 0.491 e. The maximum atomic E-state index is 12.7. The van der Waals surface area contributed by atoms with E-state index in [1.54, 1.807) is 0 Å². The van der Waals surface area contributed by atoms with Gasteiger partial charge in [-0.15, -0.1) is 0 Å². The van der Waals surface area contributed by atoms with Gasteiger partial charge in [0, 0.05) is 44.8 Å². The highest BCUT2D eigenvalue weighted by Crippen LogP contribution is 2.21. The Morgan fingerprint density at radius 3 is 2.35 bits per heavy atom. The molecule has 1 aromatic heterocycles. The summed E-state index contributed by atoms with van der Waals surface area (Å²) in [6.07, 6.45) is 0.616. The zero-order valence-electron chi connectivity index (χ0n) is 22.3. The van der Waals surface area contributed by atoms with Crippen molar-refractivity contribution < 1.29 is 14.6 Å². The molecule has 1 saturated heterocycles. The van der Waals surface area contributed by atoms with Crippen LogP contribution in [0.3, 0.4) is 0 Å². The number of carbonyl (C=O) groups is 1. The average molecular weight is 505 g/mol. The summed E-state index contributed by atoms with van der Waals surface area (Å²) in [6.45, 7) is 11.0. The van der Waals surface area contributed by atoms with Crippen molar-refractivity contribution >= 4 is 5.78 Å². The van der Waals surface area contributed by atoms with Crippen LogP contribution in [0.4, 0.5) is 0 Å². The lowest BCUT2D eigenvalue weighted by Gasteiger charge is -2.35. The molecular formula is C30H40N4O3. The van der Waals surface area contributed by atoms with Gasteiger partial charge in [-0.25, -0.2) is 4.68 Å². The number of ether oxygens (including phenoxy) is 1. The lowest BCUT2D eigenvalue weighted by atomic mass is 10.1. The van der Waals surface area contributed by atoms with Gasteiger partial charge in [-0.1, -0.05) is 49.7 Å². The van der Waals surface area contributed by atoms with Crippen molar-refractivity contribution in [2.45, 2.75) is 45.6 Å². The van der Waals surface area contributed by atoms with E-state index in [2.05, 4.69) is 41.8 Å². The van der Waals surface area contributed by atoms with Crippen LogP contribution in [-0.4, -0.2) is 82.4 Å². The minimum Gasteiger partial charge on any atom is -0.491 e. The Balaban J connectivity index is 1.17. The molecule has 4 rings (SSSR count). The number of aromatic nitrogens is 2. The minimum absolute atomic E-state index is 0.250. The fourth-order valence-electron chi connectivity index (χ4n) is 4.66. The van der Waals surface area contributed by atoms with Crippen LogP contribution in [0, 0.1) is 6.92 Å². The standard InChI is InChI=1S/C30H40N4O3/c1-23(2)30-19-25(31-34(30)26-7-5-4-6-8-26)11-12-27(35)20-32-15-17-33(18-16-32)21-28(36)22-37-29-13-9-24(3)10-14-29/h4-10,13-14,19,23,28,36H,11-12,15-18,20-22H2,1-3H3. The van der Waals surface area contributed by atoms with E-state index in [0.29, 0.717) is 31.8 Å². The zero-order chi connectivity index (χ0) is 26.2. The Morgan fingerprint density at radius 2 is 1.68 bits per heavy atom. The number of β-amino-alcohol motifs (C(OH)–C–C–N with tert-alkyl or cyclic N) is 1. The lowest BCUT2D eigenvalue weighted by molar-refractivity contribution is -0.120. The third-order valence-corrected chi connectivity index (χ3v) is 6.84. The number of aliphatic hydroxyl groups is 1. The summed E-state index contributed by atoms with van der Waals surface area (Å²) >= 11 is 0. The number of rotatable bonds is 12. The number of benzene rings is 2. The second-order valence-electron chi connectivity index (χ2n) is 10.4. The number of hydrogen-bond acceptors (Lipinski definition) is 6. The molecule has 0 bridgehead atoms. The van der Waals surface area contributed by atoms with E-state index in [1.165, 1.54) is 5.56 Å². The van der Waals surface area contributed by atoms with Crippen LogP contribution >= 0.6 is 0 Å². The van der Waals surface area contributed by atoms with Crippen LogP contribution in [0.2, 0.25) is 0 Å². The summed E-state index contributed by atoms with van der Waals surface area (Å²) in [4.78, 5) is 17.2. The first kappa shape index (κ1) is 27.0. The minimum atomic E-state index is -0.541. The molecule has 0 radical (unpaired) electrons. The van der Waals surface area contributed by atoms with Crippen molar-refractivity contribution in [3.8, 4) is 11.4 Å². The topological polar surface area (TPSA) is 70.8 Å². The number of carbonyl (C=O) groups excluding carboxylic acids is 1. The highest BCUT2D eigenvalue weighted by atomic mass is 16.5. The molecule has 2 heterocycles. The van der Waals surface area contributed by atoms with Crippen LogP contribution in [0.1, 0.15) is 43.1 Å². The molecular weight excluding hydrogens is 464 g/mol. The Bertz CT molecular complexity index is 1120. The van der Waals surface area contributed by atoms with Crippen molar-refractivity contribution in [3.05, 3.63) is 77.6 Å². The fourth-order valence-corrected chi connectivity index (χ4v) is 4.66. The SMILES string of the molecule is Cc1ccc(OCC(O)CN2CCN(CC(=O)CCc3cc(C(C)C)n(-c4ccccc4)n3)CC2)cc1. The van der Waals surface area contributed by atoms with Crippen molar-refractivity contribution in [3.63, 3.8) is 0 Å². The normalized spacial score (nSPS) is 15.7. The van der Waals surface area contributed by atoms with Crippen LogP contribution in [0.25, 0.3) is 5.69 Å².